The second kappa shape index (κ2) is 6.46. The Hall–Kier alpha value is -1.92. The summed E-state index contributed by atoms with van der Waals surface area (Å²) in [5.41, 5.74) is 0. The molecule has 1 saturated heterocycles. The number of nitrogens with zero attached hydrogens (tertiary/aromatic N) is 3. The normalized spacial score (nSPS) is 22.4. The summed E-state index contributed by atoms with van der Waals surface area (Å²) in [6, 6.07) is 0.430. The van der Waals surface area contributed by atoms with Crippen molar-refractivity contribution in [3.63, 3.8) is 0 Å². The molecule has 1 aliphatic carbocycles. The molecule has 120 valence electrons. The van der Waals surface area contributed by atoms with Crippen molar-refractivity contribution in [3.8, 4) is 5.88 Å². The zero-order valence-electron chi connectivity index (χ0n) is 12.7. The largest absolute Gasteiger partial charge is 0.479 e. The first kappa shape index (κ1) is 15.0. The maximum atomic E-state index is 13.3. The summed E-state index contributed by atoms with van der Waals surface area (Å²) >= 11 is 0. The number of ether oxygens (including phenoxy) is 1. The van der Waals surface area contributed by atoms with Gasteiger partial charge in [0.2, 0.25) is 17.7 Å². The third-order valence-corrected chi connectivity index (χ3v) is 4.46. The van der Waals surface area contributed by atoms with E-state index in [0.29, 0.717) is 25.0 Å². The summed E-state index contributed by atoms with van der Waals surface area (Å²) in [4.78, 5) is 22.0. The summed E-state index contributed by atoms with van der Waals surface area (Å²) in [7, 11) is 1.37. The van der Waals surface area contributed by atoms with E-state index in [1.54, 1.807) is 0 Å². The fourth-order valence-electron chi connectivity index (χ4n) is 3.33. The lowest BCUT2D eigenvalue weighted by molar-refractivity contribution is -0.129. The van der Waals surface area contributed by atoms with Gasteiger partial charge >= 0.3 is 0 Å². The lowest BCUT2D eigenvalue weighted by atomic mass is 10.1. The number of halogens is 1. The Morgan fingerprint density at radius 1 is 1.45 bits per heavy atom. The van der Waals surface area contributed by atoms with Crippen LogP contribution in [-0.2, 0) is 4.79 Å². The first-order valence-corrected chi connectivity index (χ1v) is 7.77. The van der Waals surface area contributed by atoms with Crippen molar-refractivity contribution in [2.45, 2.75) is 38.1 Å². The standard InChI is InChI=1S/C15H21FN4O2/c1-22-14-12(16)8-18-15(19-14)17-7-10-6-13(21)20(9-10)11-4-2-3-5-11/h8,10-11H,2-7,9H2,1H3,(H,17,18,19)/t10-/m1/s1. The Bertz CT molecular complexity index is 548. The van der Waals surface area contributed by atoms with Gasteiger partial charge < -0.3 is 15.0 Å². The van der Waals surface area contributed by atoms with E-state index in [1.807, 2.05) is 4.90 Å². The molecular weight excluding hydrogens is 287 g/mol. The number of hydrogen-bond donors (Lipinski definition) is 1. The van der Waals surface area contributed by atoms with Crippen molar-refractivity contribution in [2.24, 2.45) is 5.92 Å². The molecule has 2 fully saturated rings. The fraction of sp³-hybridized carbons (Fsp3) is 0.667. The molecule has 1 atom stereocenters. The van der Waals surface area contributed by atoms with Gasteiger partial charge in [0.15, 0.2) is 0 Å². The molecule has 22 heavy (non-hydrogen) atoms. The molecular formula is C15H21FN4O2. The van der Waals surface area contributed by atoms with Crippen LogP contribution < -0.4 is 10.1 Å². The van der Waals surface area contributed by atoms with Crippen LogP contribution in [0.1, 0.15) is 32.1 Å². The van der Waals surface area contributed by atoms with Crippen molar-refractivity contribution in [1.29, 1.82) is 0 Å². The number of amides is 1. The first-order valence-electron chi connectivity index (χ1n) is 7.77. The molecule has 2 aliphatic rings. The molecule has 0 bridgehead atoms. The van der Waals surface area contributed by atoms with Crippen LogP contribution in [-0.4, -0.2) is 47.0 Å². The summed E-state index contributed by atoms with van der Waals surface area (Å²) in [5.74, 6) is 0.151. The zero-order chi connectivity index (χ0) is 15.5. The van der Waals surface area contributed by atoms with Crippen molar-refractivity contribution >= 4 is 11.9 Å². The first-order chi connectivity index (χ1) is 10.7. The highest BCUT2D eigenvalue weighted by molar-refractivity contribution is 5.79. The number of likely N-dealkylation sites (tertiary alicyclic amines) is 1. The maximum Gasteiger partial charge on any atom is 0.255 e. The van der Waals surface area contributed by atoms with Crippen LogP contribution >= 0.6 is 0 Å². The van der Waals surface area contributed by atoms with E-state index in [0.717, 1.165) is 25.6 Å². The van der Waals surface area contributed by atoms with Crippen molar-refractivity contribution in [3.05, 3.63) is 12.0 Å². The number of hydrogen-bond acceptors (Lipinski definition) is 5. The second-order valence-corrected chi connectivity index (χ2v) is 5.99. The summed E-state index contributed by atoms with van der Waals surface area (Å²) < 4.78 is 18.1. The summed E-state index contributed by atoms with van der Waals surface area (Å²) in [6.07, 6.45) is 6.34. The highest BCUT2D eigenvalue weighted by Crippen LogP contribution is 2.29. The maximum absolute atomic E-state index is 13.3. The number of aromatic nitrogens is 2. The molecule has 1 aromatic rings. The SMILES string of the molecule is COc1nc(NC[C@H]2CC(=O)N(C3CCCC3)C2)ncc1F. The van der Waals surface area contributed by atoms with Crippen LogP contribution in [0.15, 0.2) is 6.20 Å². The molecule has 1 amide bonds. The van der Waals surface area contributed by atoms with Gasteiger partial charge in [-0.2, -0.15) is 9.37 Å². The number of nitrogens with one attached hydrogen (secondary N) is 1. The van der Waals surface area contributed by atoms with Crippen LogP contribution in [0.3, 0.4) is 0 Å². The molecule has 1 aliphatic heterocycles. The van der Waals surface area contributed by atoms with E-state index in [2.05, 4.69) is 15.3 Å². The Labute approximate surface area is 129 Å². The molecule has 0 spiro atoms. The van der Waals surface area contributed by atoms with E-state index in [1.165, 1.54) is 20.0 Å². The minimum atomic E-state index is -0.587. The fourth-order valence-corrected chi connectivity index (χ4v) is 3.33. The Balaban J connectivity index is 1.55. The van der Waals surface area contributed by atoms with Gasteiger partial charge in [-0.1, -0.05) is 12.8 Å². The van der Waals surface area contributed by atoms with Gasteiger partial charge in [-0.15, -0.1) is 0 Å². The molecule has 1 N–H and O–H groups in total. The Kier molecular flexibility index (Phi) is 4.40. The summed E-state index contributed by atoms with van der Waals surface area (Å²) in [5, 5.41) is 3.07. The molecule has 7 heteroatoms. The Morgan fingerprint density at radius 3 is 2.95 bits per heavy atom. The monoisotopic (exact) mass is 308 g/mol. The molecule has 3 rings (SSSR count). The number of carbonyl (C=O) groups is 1. The van der Waals surface area contributed by atoms with Gasteiger partial charge in [-0.25, -0.2) is 4.98 Å². The number of rotatable bonds is 5. The molecule has 0 unspecified atom stereocenters. The predicted molar refractivity (Wildman–Crippen MR) is 79.1 cm³/mol. The third kappa shape index (κ3) is 3.13. The zero-order valence-corrected chi connectivity index (χ0v) is 12.7. The lowest BCUT2D eigenvalue weighted by Gasteiger charge is -2.24. The van der Waals surface area contributed by atoms with Crippen molar-refractivity contribution in [2.75, 3.05) is 25.5 Å². The van der Waals surface area contributed by atoms with Gasteiger partial charge in [0, 0.05) is 31.5 Å². The quantitative estimate of drug-likeness (QED) is 0.899. The number of methoxy groups -OCH3 is 1. The van der Waals surface area contributed by atoms with E-state index < -0.39 is 5.82 Å². The topological polar surface area (TPSA) is 67.3 Å². The van der Waals surface area contributed by atoms with Gasteiger partial charge in [-0.05, 0) is 12.8 Å². The van der Waals surface area contributed by atoms with E-state index in [-0.39, 0.29) is 17.7 Å². The van der Waals surface area contributed by atoms with Gasteiger partial charge in [0.05, 0.1) is 13.3 Å². The second-order valence-electron chi connectivity index (χ2n) is 5.99. The third-order valence-electron chi connectivity index (χ3n) is 4.46. The van der Waals surface area contributed by atoms with Crippen LogP contribution in [0.2, 0.25) is 0 Å². The molecule has 1 aromatic heterocycles. The van der Waals surface area contributed by atoms with Crippen LogP contribution in [0.25, 0.3) is 0 Å². The van der Waals surface area contributed by atoms with Crippen molar-refractivity contribution in [1.82, 2.24) is 14.9 Å². The molecule has 6 nitrogen and oxygen atoms in total. The minimum absolute atomic E-state index is 0.0763. The number of anilines is 1. The highest BCUT2D eigenvalue weighted by atomic mass is 19.1. The smallest absolute Gasteiger partial charge is 0.255 e. The lowest BCUT2D eigenvalue weighted by Crippen LogP contribution is -2.34. The minimum Gasteiger partial charge on any atom is -0.479 e. The van der Waals surface area contributed by atoms with Gasteiger partial charge in [0.25, 0.3) is 5.88 Å². The van der Waals surface area contributed by atoms with Crippen LogP contribution in [0.5, 0.6) is 5.88 Å². The number of carbonyl (C=O) groups excluding carboxylic acids is 1. The van der Waals surface area contributed by atoms with E-state index in [9.17, 15) is 9.18 Å². The van der Waals surface area contributed by atoms with Crippen LogP contribution in [0.4, 0.5) is 10.3 Å². The molecule has 0 radical (unpaired) electrons. The van der Waals surface area contributed by atoms with E-state index in [4.69, 9.17) is 4.74 Å². The van der Waals surface area contributed by atoms with Crippen molar-refractivity contribution < 1.29 is 13.9 Å². The molecule has 1 saturated carbocycles. The summed E-state index contributed by atoms with van der Waals surface area (Å²) in [6.45, 7) is 1.39. The van der Waals surface area contributed by atoms with E-state index >= 15 is 0 Å². The average Bonchev–Trinajstić information content (AvgIpc) is 3.15. The van der Waals surface area contributed by atoms with Crippen LogP contribution in [0, 0.1) is 11.7 Å². The highest BCUT2D eigenvalue weighted by Gasteiger charge is 2.35. The molecule has 2 heterocycles. The Morgan fingerprint density at radius 2 is 2.23 bits per heavy atom. The van der Waals surface area contributed by atoms with Gasteiger partial charge in [-0.3, -0.25) is 4.79 Å². The predicted octanol–water partition coefficient (Wildman–Crippen LogP) is 1.83. The van der Waals surface area contributed by atoms with Gasteiger partial charge in [0.1, 0.15) is 0 Å². The average molecular weight is 308 g/mol. The molecule has 0 aromatic carbocycles.